The number of rotatable bonds is 7. The van der Waals surface area contributed by atoms with Crippen molar-refractivity contribution in [3.63, 3.8) is 0 Å². The van der Waals surface area contributed by atoms with Crippen LogP contribution >= 0.6 is 11.8 Å². The van der Waals surface area contributed by atoms with Gasteiger partial charge in [0, 0.05) is 4.90 Å². The highest BCUT2D eigenvalue weighted by atomic mass is 32.2. The van der Waals surface area contributed by atoms with Crippen LogP contribution in [0.4, 0.5) is 4.79 Å². The molecule has 2 amide bonds. The molecule has 7 nitrogen and oxygen atoms in total. The van der Waals surface area contributed by atoms with Crippen LogP contribution in [0.3, 0.4) is 0 Å². The summed E-state index contributed by atoms with van der Waals surface area (Å²) in [5, 5.41) is 5.40. The maximum atomic E-state index is 13.0. The van der Waals surface area contributed by atoms with Crippen molar-refractivity contribution in [2.24, 2.45) is 5.92 Å². The molecule has 0 saturated carbocycles. The van der Waals surface area contributed by atoms with E-state index >= 15 is 0 Å². The number of sulfone groups is 1. The Kier molecular flexibility index (Phi) is 7.27. The average Bonchev–Trinajstić information content (AvgIpc) is 2.73. The number of esters is 1. The summed E-state index contributed by atoms with van der Waals surface area (Å²) >= 11 is 1.58. The number of ether oxygens (including phenoxy) is 1. The summed E-state index contributed by atoms with van der Waals surface area (Å²) in [6, 6.07) is 11.8. The zero-order valence-electron chi connectivity index (χ0n) is 17.6. The van der Waals surface area contributed by atoms with Crippen molar-refractivity contribution >= 4 is 33.6 Å². The van der Waals surface area contributed by atoms with E-state index in [1.807, 2.05) is 37.4 Å². The van der Waals surface area contributed by atoms with Crippen LogP contribution in [0.1, 0.15) is 24.1 Å². The number of thioether (sulfide) groups is 1. The van der Waals surface area contributed by atoms with Crippen LogP contribution < -0.4 is 10.6 Å². The predicted molar refractivity (Wildman–Crippen MR) is 120 cm³/mol. The molecule has 1 fully saturated rings. The average molecular weight is 463 g/mol. The maximum absolute atomic E-state index is 13.0. The molecule has 166 valence electrons. The summed E-state index contributed by atoms with van der Waals surface area (Å²) in [7, 11) is -3.75. The number of amides is 2. The van der Waals surface area contributed by atoms with Crippen molar-refractivity contribution in [2.75, 3.05) is 18.6 Å². The van der Waals surface area contributed by atoms with Crippen molar-refractivity contribution in [3.05, 3.63) is 59.7 Å². The second-order valence-electron chi connectivity index (χ2n) is 7.35. The first-order valence-electron chi connectivity index (χ1n) is 9.92. The van der Waals surface area contributed by atoms with E-state index in [-0.39, 0.29) is 11.5 Å². The molecule has 1 aliphatic heterocycles. The van der Waals surface area contributed by atoms with E-state index in [0.29, 0.717) is 5.56 Å². The molecule has 3 unspecified atom stereocenters. The van der Waals surface area contributed by atoms with Gasteiger partial charge in [0.1, 0.15) is 5.92 Å². The summed E-state index contributed by atoms with van der Waals surface area (Å²) in [4.78, 5) is 26.5. The van der Waals surface area contributed by atoms with E-state index in [0.717, 1.165) is 10.5 Å². The minimum absolute atomic E-state index is 0.148. The Morgan fingerprint density at radius 1 is 1.06 bits per heavy atom. The minimum atomic E-state index is -3.75. The lowest BCUT2D eigenvalue weighted by molar-refractivity contribution is -0.150. The molecule has 0 aromatic heterocycles. The highest BCUT2D eigenvalue weighted by Crippen LogP contribution is 2.31. The SMILES string of the molecule is CCOC(=O)C1C(CS(=O)(=O)c2ccc(C)cc2)NC(=O)NC1c1ccc(SC)cc1. The molecule has 1 heterocycles. The van der Waals surface area contributed by atoms with Crippen LogP contribution in [0.15, 0.2) is 58.3 Å². The van der Waals surface area contributed by atoms with Crippen LogP contribution in [-0.4, -0.2) is 45.1 Å². The molecule has 3 atom stereocenters. The molecule has 1 saturated heterocycles. The molecule has 9 heteroatoms. The zero-order chi connectivity index (χ0) is 22.6. The third kappa shape index (κ3) is 5.40. The molecule has 2 N–H and O–H groups in total. The molecule has 3 rings (SSSR count). The third-order valence-electron chi connectivity index (χ3n) is 5.21. The lowest BCUT2D eigenvalue weighted by atomic mass is 9.86. The number of hydrogen-bond donors (Lipinski definition) is 2. The normalized spacial score (nSPS) is 21.1. The highest BCUT2D eigenvalue weighted by molar-refractivity contribution is 7.98. The molecule has 0 aliphatic carbocycles. The second kappa shape index (κ2) is 9.74. The first kappa shape index (κ1) is 23.1. The molecule has 1 aliphatic rings. The van der Waals surface area contributed by atoms with E-state index in [1.54, 1.807) is 30.8 Å². The smallest absolute Gasteiger partial charge is 0.315 e. The number of nitrogens with one attached hydrogen (secondary N) is 2. The quantitative estimate of drug-likeness (QED) is 0.484. The lowest BCUT2D eigenvalue weighted by Crippen LogP contribution is -2.60. The second-order valence-corrected chi connectivity index (χ2v) is 10.3. The maximum Gasteiger partial charge on any atom is 0.315 e. The zero-order valence-corrected chi connectivity index (χ0v) is 19.3. The van der Waals surface area contributed by atoms with Crippen LogP contribution in [0.5, 0.6) is 0 Å². The van der Waals surface area contributed by atoms with Gasteiger partial charge in [0.25, 0.3) is 0 Å². The molecule has 0 radical (unpaired) electrons. The number of benzene rings is 2. The molecule has 2 aromatic carbocycles. The number of hydrogen-bond acceptors (Lipinski definition) is 6. The van der Waals surface area contributed by atoms with Crippen LogP contribution in [0.25, 0.3) is 0 Å². The summed E-state index contributed by atoms with van der Waals surface area (Å²) < 4.78 is 31.3. The van der Waals surface area contributed by atoms with Gasteiger partial charge in [0.2, 0.25) is 0 Å². The minimum Gasteiger partial charge on any atom is -0.466 e. The van der Waals surface area contributed by atoms with Crippen molar-refractivity contribution in [2.45, 2.75) is 35.7 Å². The van der Waals surface area contributed by atoms with Crippen LogP contribution in [0.2, 0.25) is 0 Å². The number of carbonyl (C=O) groups excluding carboxylic acids is 2. The summed E-state index contributed by atoms with van der Waals surface area (Å²) in [5.41, 5.74) is 1.65. The van der Waals surface area contributed by atoms with Gasteiger partial charge in [0.15, 0.2) is 9.84 Å². The van der Waals surface area contributed by atoms with Crippen molar-refractivity contribution < 1.29 is 22.7 Å². The topological polar surface area (TPSA) is 102 Å². The Bertz CT molecular complexity index is 1040. The predicted octanol–water partition coefficient (Wildman–Crippen LogP) is 3.09. The van der Waals surface area contributed by atoms with Crippen LogP contribution in [-0.2, 0) is 19.4 Å². The standard InChI is InChI=1S/C22H26N2O5S2/c1-4-29-21(25)19-18(13-31(27,28)17-11-5-14(2)6-12-17)23-22(26)24-20(19)15-7-9-16(30-3)10-8-15/h5-12,18-20H,4,13H2,1-3H3,(H2,23,24,26). The van der Waals surface area contributed by atoms with Crippen molar-refractivity contribution in [1.82, 2.24) is 10.6 Å². The Balaban J connectivity index is 1.96. The first-order valence-corrected chi connectivity index (χ1v) is 12.8. The highest BCUT2D eigenvalue weighted by Gasteiger charge is 2.44. The monoisotopic (exact) mass is 462 g/mol. The molecular weight excluding hydrogens is 436 g/mol. The Morgan fingerprint density at radius 2 is 1.71 bits per heavy atom. The van der Waals surface area contributed by atoms with Gasteiger partial charge in [-0.3, -0.25) is 4.79 Å². The first-order chi connectivity index (χ1) is 14.7. The van der Waals surface area contributed by atoms with E-state index in [2.05, 4.69) is 10.6 Å². The van der Waals surface area contributed by atoms with Gasteiger partial charge in [-0.2, -0.15) is 0 Å². The van der Waals surface area contributed by atoms with Gasteiger partial charge in [0.05, 0.1) is 29.3 Å². The van der Waals surface area contributed by atoms with Gasteiger partial charge >= 0.3 is 12.0 Å². The van der Waals surface area contributed by atoms with E-state index < -0.39 is 45.6 Å². The molecule has 0 bridgehead atoms. The molecule has 2 aromatic rings. The van der Waals surface area contributed by atoms with E-state index in [9.17, 15) is 18.0 Å². The molecular formula is C22H26N2O5S2. The fourth-order valence-electron chi connectivity index (χ4n) is 3.63. The summed E-state index contributed by atoms with van der Waals surface area (Å²) in [6.45, 7) is 3.71. The van der Waals surface area contributed by atoms with Crippen molar-refractivity contribution in [1.29, 1.82) is 0 Å². The van der Waals surface area contributed by atoms with Gasteiger partial charge in [-0.1, -0.05) is 29.8 Å². The fraction of sp³-hybridized carbons (Fsp3) is 0.364. The molecule has 31 heavy (non-hydrogen) atoms. The summed E-state index contributed by atoms with van der Waals surface area (Å²) in [5.74, 6) is -1.87. The third-order valence-corrected chi connectivity index (χ3v) is 7.74. The summed E-state index contributed by atoms with van der Waals surface area (Å²) in [6.07, 6.45) is 1.95. The van der Waals surface area contributed by atoms with E-state index in [4.69, 9.17) is 4.74 Å². The van der Waals surface area contributed by atoms with Crippen molar-refractivity contribution in [3.8, 4) is 0 Å². The largest absolute Gasteiger partial charge is 0.466 e. The Labute approximate surface area is 186 Å². The van der Waals surface area contributed by atoms with Gasteiger partial charge < -0.3 is 15.4 Å². The number of urea groups is 1. The number of carbonyl (C=O) groups is 2. The van der Waals surface area contributed by atoms with E-state index in [1.165, 1.54) is 12.1 Å². The number of aryl methyl sites for hydroxylation is 1. The molecule has 0 spiro atoms. The van der Waals surface area contributed by atoms with Gasteiger partial charge in [-0.05, 0) is 49.9 Å². The Hall–Kier alpha value is -2.52. The van der Waals surface area contributed by atoms with Gasteiger partial charge in [-0.15, -0.1) is 11.8 Å². The van der Waals surface area contributed by atoms with Gasteiger partial charge in [-0.25, -0.2) is 13.2 Å². The Morgan fingerprint density at radius 3 is 2.29 bits per heavy atom. The van der Waals surface area contributed by atoms with Crippen LogP contribution in [0, 0.1) is 12.8 Å². The fourth-order valence-corrected chi connectivity index (χ4v) is 5.54. The lowest BCUT2D eigenvalue weighted by Gasteiger charge is -2.38.